The largest absolute Gasteiger partial charge is 0.439 e. The van der Waals surface area contributed by atoms with Crippen molar-refractivity contribution in [3.8, 4) is 28.7 Å². The first-order chi connectivity index (χ1) is 16.2. The van der Waals surface area contributed by atoms with Gasteiger partial charge in [-0.15, -0.1) is 0 Å². The fraction of sp³-hybridized carbons (Fsp3) is 0.0417. The average molecular weight is 437 g/mol. The summed E-state index contributed by atoms with van der Waals surface area (Å²) in [4.78, 5) is 25.1. The first-order valence-electron chi connectivity index (χ1n) is 10.1. The number of imidazole rings is 1. The summed E-state index contributed by atoms with van der Waals surface area (Å²) in [5.41, 5.74) is 2.79. The van der Waals surface area contributed by atoms with Crippen LogP contribution in [0.1, 0.15) is 10.5 Å². The molecular weight excluding hydrogens is 418 g/mol. The standard InChI is InChI=1S/C24H19N7O2/c1-30-21(13-20(29-30)17-5-3-2-4-6-17)24(32)28-18-7-9-19(10-8-18)33-23-14-22(26-15-27-23)31-12-11-25-16-31/h2-16H,1H3,(H,28,32). The number of hydrogen-bond donors (Lipinski definition) is 1. The van der Waals surface area contributed by atoms with E-state index in [2.05, 4.69) is 25.4 Å². The molecule has 5 aromatic rings. The van der Waals surface area contributed by atoms with Crippen molar-refractivity contribution in [1.29, 1.82) is 0 Å². The number of anilines is 1. The fourth-order valence-electron chi connectivity index (χ4n) is 3.27. The number of nitrogens with zero attached hydrogens (tertiary/aromatic N) is 6. The van der Waals surface area contributed by atoms with Crippen molar-refractivity contribution in [3.63, 3.8) is 0 Å². The molecule has 0 aliphatic heterocycles. The highest BCUT2D eigenvalue weighted by Crippen LogP contribution is 2.23. The van der Waals surface area contributed by atoms with E-state index in [0.29, 0.717) is 28.8 Å². The number of aromatic nitrogens is 6. The van der Waals surface area contributed by atoms with Crippen LogP contribution in [0.15, 0.2) is 91.8 Å². The number of hydrogen-bond acceptors (Lipinski definition) is 6. The van der Waals surface area contributed by atoms with Crippen LogP contribution in [0.4, 0.5) is 5.69 Å². The summed E-state index contributed by atoms with van der Waals surface area (Å²) in [6.45, 7) is 0. The SMILES string of the molecule is Cn1nc(-c2ccccc2)cc1C(=O)Nc1ccc(Oc2cc(-n3ccnc3)ncn2)cc1. The second-order valence-corrected chi connectivity index (χ2v) is 7.17. The lowest BCUT2D eigenvalue weighted by atomic mass is 10.1. The van der Waals surface area contributed by atoms with Gasteiger partial charge in [0.15, 0.2) is 0 Å². The van der Waals surface area contributed by atoms with E-state index < -0.39 is 0 Å². The van der Waals surface area contributed by atoms with Gasteiger partial charge < -0.3 is 10.1 Å². The molecule has 2 aromatic carbocycles. The maximum Gasteiger partial charge on any atom is 0.273 e. The number of aryl methyl sites for hydroxylation is 1. The van der Waals surface area contributed by atoms with Gasteiger partial charge in [-0.25, -0.2) is 15.0 Å². The van der Waals surface area contributed by atoms with E-state index in [-0.39, 0.29) is 5.91 Å². The molecule has 0 aliphatic carbocycles. The number of carbonyl (C=O) groups is 1. The van der Waals surface area contributed by atoms with Crippen molar-refractivity contribution >= 4 is 11.6 Å². The molecule has 0 radical (unpaired) electrons. The fourth-order valence-corrected chi connectivity index (χ4v) is 3.27. The van der Waals surface area contributed by atoms with Crippen LogP contribution in [0.3, 0.4) is 0 Å². The number of ether oxygens (including phenoxy) is 1. The van der Waals surface area contributed by atoms with Gasteiger partial charge in [0.05, 0.1) is 5.69 Å². The average Bonchev–Trinajstić information content (AvgIpc) is 3.51. The minimum absolute atomic E-state index is 0.248. The number of nitrogens with one attached hydrogen (secondary N) is 1. The molecule has 0 atom stereocenters. The third kappa shape index (κ3) is 4.47. The van der Waals surface area contributed by atoms with Crippen LogP contribution in [-0.2, 0) is 7.05 Å². The Balaban J connectivity index is 1.27. The Bertz CT molecular complexity index is 1380. The van der Waals surface area contributed by atoms with Gasteiger partial charge in [-0.3, -0.25) is 14.0 Å². The molecule has 5 rings (SSSR count). The summed E-state index contributed by atoms with van der Waals surface area (Å²) in [6, 6.07) is 20.3. The van der Waals surface area contributed by atoms with Crippen LogP contribution in [0.25, 0.3) is 17.1 Å². The van der Waals surface area contributed by atoms with E-state index >= 15 is 0 Å². The van der Waals surface area contributed by atoms with Gasteiger partial charge in [0.2, 0.25) is 5.88 Å². The minimum atomic E-state index is -0.248. The van der Waals surface area contributed by atoms with Crippen molar-refractivity contribution in [2.24, 2.45) is 7.05 Å². The molecule has 9 heteroatoms. The second kappa shape index (κ2) is 8.75. The van der Waals surface area contributed by atoms with Gasteiger partial charge in [0.25, 0.3) is 5.91 Å². The highest BCUT2D eigenvalue weighted by Gasteiger charge is 2.14. The normalized spacial score (nSPS) is 10.7. The Morgan fingerprint density at radius 1 is 1.00 bits per heavy atom. The van der Waals surface area contributed by atoms with Crippen molar-refractivity contribution in [1.82, 2.24) is 29.3 Å². The van der Waals surface area contributed by atoms with E-state index in [1.165, 1.54) is 6.33 Å². The van der Waals surface area contributed by atoms with E-state index in [1.54, 1.807) is 71.4 Å². The maximum atomic E-state index is 12.8. The lowest BCUT2D eigenvalue weighted by molar-refractivity contribution is 0.101. The Morgan fingerprint density at radius 3 is 2.58 bits per heavy atom. The predicted octanol–water partition coefficient (Wildman–Crippen LogP) is 4.11. The molecule has 1 amide bonds. The van der Waals surface area contributed by atoms with E-state index in [0.717, 1.165) is 11.3 Å². The minimum Gasteiger partial charge on any atom is -0.439 e. The summed E-state index contributed by atoms with van der Waals surface area (Å²) >= 11 is 0. The topological polar surface area (TPSA) is 99.8 Å². The highest BCUT2D eigenvalue weighted by molar-refractivity contribution is 6.03. The smallest absolute Gasteiger partial charge is 0.273 e. The molecule has 0 aliphatic rings. The quantitative estimate of drug-likeness (QED) is 0.429. The Morgan fingerprint density at radius 2 is 1.82 bits per heavy atom. The summed E-state index contributed by atoms with van der Waals surface area (Å²) in [6.07, 6.45) is 6.53. The molecule has 1 N–H and O–H groups in total. The summed E-state index contributed by atoms with van der Waals surface area (Å²) in [7, 11) is 1.75. The van der Waals surface area contributed by atoms with Crippen LogP contribution < -0.4 is 10.1 Å². The number of amides is 1. The van der Waals surface area contributed by atoms with Crippen LogP contribution in [0.2, 0.25) is 0 Å². The number of rotatable bonds is 6. The van der Waals surface area contributed by atoms with Gasteiger partial charge in [0, 0.05) is 36.8 Å². The van der Waals surface area contributed by atoms with Crippen LogP contribution in [0, 0.1) is 0 Å². The van der Waals surface area contributed by atoms with Gasteiger partial charge in [-0.05, 0) is 30.3 Å². The zero-order valence-corrected chi connectivity index (χ0v) is 17.7. The summed E-state index contributed by atoms with van der Waals surface area (Å²) in [5.74, 6) is 1.37. The molecule has 33 heavy (non-hydrogen) atoms. The molecule has 0 unspecified atom stereocenters. The molecule has 3 aromatic heterocycles. The summed E-state index contributed by atoms with van der Waals surface area (Å²) in [5, 5.41) is 7.34. The molecule has 0 saturated carbocycles. The first-order valence-corrected chi connectivity index (χ1v) is 10.1. The van der Waals surface area contributed by atoms with E-state index in [9.17, 15) is 4.79 Å². The van der Waals surface area contributed by atoms with Gasteiger partial charge in [0.1, 0.15) is 29.9 Å². The highest BCUT2D eigenvalue weighted by atomic mass is 16.5. The van der Waals surface area contributed by atoms with Crippen molar-refractivity contribution in [3.05, 3.63) is 97.5 Å². The lowest BCUT2D eigenvalue weighted by Crippen LogP contribution is -2.15. The Hall–Kier alpha value is -4.79. The number of benzene rings is 2. The van der Waals surface area contributed by atoms with Crippen molar-refractivity contribution < 1.29 is 9.53 Å². The molecule has 0 fully saturated rings. The zero-order chi connectivity index (χ0) is 22.6. The second-order valence-electron chi connectivity index (χ2n) is 7.17. The molecule has 9 nitrogen and oxygen atoms in total. The van der Waals surface area contributed by atoms with E-state index in [1.807, 2.05) is 30.3 Å². The van der Waals surface area contributed by atoms with Crippen LogP contribution in [0.5, 0.6) is 11.6 Å². The molecular formula is C24H19N7O2. The maximum absolute atomic E-state index is 12.8. The summed E-state index contributed by atoms with van der Waals surface area (Å²) < 4.78 is 9.15. The van der Waals surface area contributed by atoms with Crippen LogP contribution >= 0.6 is 0 Å². The lowest BCUT2D eigenvalue weighted by Gasteiger charge is -2.08. The Labute approximate surface area is 189 Å². The molecule has 0 spiro atoms. The predicted molar refractivity (Wildman–Crippen MR) is 122 cm³/mol. The van der Waals surface area contributed by atoms with Crippen LogP contribution in [-0.4, -0.2) is 35.2 Å². The molecule has 0 saturated heterocycles. The first kappa shape index (κ1) is 20.1. The third-order valence-corrected chi connectivity index (χ3v) is 4.91. The molecule has 0 bridgehead atoms. The van der Waals surface area contributed by atoms with Gasteiger partial charge >= 0.3 is 0 Å². The monoisotopic (exact) mass is 437 g/mol. The van der Waals surface area contributed by atoms with Gasteiger partial charge in [-0.2, -0.15) is 5.10 Å². The number of carbonyl (C=O) groups excluding carboxylic acids is 1. The van der Waals surface area contributed by atoms with Gasteiger partial charge in [-0.1, -0.05) is 30.3 Å². The Kier molecular flexibility index (Phi) is 5.34. The zero-order valence-electron chi connectivity index (χ0n) is 17.7. The van der Waals surface area contributed by atoms with Crippen molar-refractivity contribution in [2.75, 3.05) is 5.32 Å². The molecule has 162 valence electrons. The third-order valence-electron chi connectivity index (χ3n) is 4.91. The van der Waals surface area contributed by atoms with E-state index in [4.69, 9.17) is 4.74 Å². The van der Waals surface area contributed by atoms with Crippen molar-refractivity contribution in [2.45, 2.75) is 0 Å². The molecule has 3 heterocycles.